The number of carbonyl (C=O) groups is 2. The Morgan fingerprint density at radius 3 is 2.38 bits per heavy atom. The van der Waals surface area contributed by atoms with Gasteiger partial charge in [-0.25, -0.2) is 0 Å². The van der Waals surface area contributed by atoms with Crippen LogP contribution in [-0.2, 0) is 21.9 Å². The number of hydrogen-bond acceptors (Lipinski definition) is 3. The van der Waals surface area contributed by atoms with Crippen LogP contribution in [0.2, 0.25) is 20.1 Å². The summed E-state index contributed by atoms with van der Waals surface area (Å²) >= 11 is 25.6. The lowest BCUT2D eigenvalue weighted by molar-refractivity contribution is -0.138. The van der Waals surface area contributed by atoms with Crippen molar-refractivity contribution in [3.8, 4) is 0 Å². The van der Waals surface area contributed by atoms with Crippen LogP contribution in [0.1, 0.15) is 18.1 Å². The van der Waals surface area contributed by atoms with Gasteiger partial charge in [0.25, 0.3) is 0 Å². The van der Waals surface area contributed by atoms with Gasteiger partial charge < -0.3 is 10.2 Å². The fourth-order valence-corrected chi connectivity index (χ4v) is 4.39. The van der Waals surface area contributed by atoms with Crippen molar-refractivity contribution in [1.29, 1.82) is 0 Å². The average Bonchev–Trinajstić information content (AvgIpc) is 2.69. The average molecular weight is 494 g/mol. The van der Waals surface area contributed by atoms with Gasteiger partial charge in [0.15, 0.2) is 0 Å². The van der Waals surface area contributed by atoms with Crippen molar-refractivity contribution in [2.45, 2.75) is 25.3 Å². The molecule has 0 saturated carbocycles. The highest BCUT2D eigenvalue weighted by Crippen LogP contribution is 2.26. The minimum absolute atomic E-state index is 0.165. The first-order valence-electron chi connectivity index (χ1n) is 8.69. The van der Waals surface area contributed by atoms with Crippen LogP contribution in [0.3, 0.4) is 0 Å². The summed E-state index contributed by atoms with van der Waals surface area (Å²) in [5.41, 5.74) is 1.68. The van der Waals surface area contributed by atoms with E-state index in [-0.39, 0.29) is 24.1 Å². The van der Waals surface area contributed by atoms with Crippen LogP contribution in [0.4, 0.5) is 0 Å². The lowest BCUT2D eigenvalue weighted by Gasteiger charge is -2.28. The van der Waals surface area contributed by atoms with E-state index in [4.69, 9.17) is 46.4 Å². The summed E-state index contributed by atoms with van der Waals surface area (Å²) in [5, 5.41) is 4.54. The molecule has 29 heavy (non-hydrogen) atoms. The van der Waals surface area contributed by atoms with Gasteiger partial charge in [-0.05, 0) is 42.3 Å². The van der Waals surface area contributed by atoms with Crippen molar-refractivity contribution in [1.82, 2.24) is 10.2 Å². The van der Waals surface area contributed by atoms with Crippen LogP contribution in [0.5, 0.6) is 0 Å². The van der Waals surface area contributed by atoms with E-state index in [0.29, 0.717) is 25.8 Å². The molecule has 0 unspecified atom stereocenters. The van der Waals surface area contributed by atoms with E-state index in [9.17, 15) is 9.59 Å². The van der Waals surface area contributed by atoms with Crippen LogP contribution in [0.25, 0.3) is 0 Å². The number of amides is 2. The Bertz CT molecular complexity index is 895. The maximum absolute atomic E-state index is 12.9. The molecular weight excluding hydrogens is 474 g/mol. The maximum atomic E-state index is 12.9. The summed E-state index contributed by atoms with van der Waals surface area (Å²) in [6.45, 7) is 1.93. The number of nitrogens with one attached hydrogen (secondary N) is 1. The quantitative estimate of drug-likeness (QED) is 0.513. The molecule has 2 amide bonds. The van der Waals surface area contributed by atoms with E-state index in [2.05, 4.69) is 5.32 Å². The fraction of sp³-hybridized carbons (Fsp3) is 0.300. The fourth-order valence-electron chi connectivity index (χ4n) is 2.60. The second kappa shape index (κ2) is 11.3. The van der Waals surface area contributed by atoms with Crippen LogP contribution in [-0.4, -0.2) is 35.6 Å². The minimum Gasteiger partial charge on any atom is -0.357 e. The molecule has 2 aromatic carbocycles. The summed E-state index contributed by atoms with van der Waals surface area (Å²) in [5.74, 6) is 0.338. The van der Waals surface area contributed by atoms with Crippen molar-refractivity contribution in [3.63, 3.8) is 0 Å². The zero-order chi connectivity index (χ0) is 21.6. The Balaban J connectivity index is 2.09. The molecular formula is C20H20Cl4N2O2S. The van der Waals surface area contributed by atoms with Gasteiger partial charge in [0, 0.05) is 29.4 Å². The lowest BCUT2D eigenvalue weighted by Crippen LogP contribution is -2.47. The predicted octanol–water partition coefficient (Wildman–Crippen LogP) is 5.70. The monoisotopic (exact) mass is 492 g/mol. The van der Waals surface area contributed by atoms with Crippen molar-refractivity contribution in [2.24, 2.45) is 0 Å². The van der Waals surface area contributed by atoms with E-state index >= 15 is 0 Å². The SMILES string of the molecule is CNC(=O)[C@@H](C)N(Cc1ccc(Cl)c(Cl)c1)C(=O)CSCc1ccc(Cl)cc1Cl. The first-order chi connectivity index (χ1) is 13.7. The second-order valence-corrected chi connectivity index (χ2v) is 8.93. The smallest absolute Gasteiger partial charge is 0.242 e. The first kappa shape index (κ1) is 24.2. The summed E-state index contributed by atoms with van der Waals surface area (Å²) in [6, 6.07) is 9.78. The standard InChI is InChI=1S/C20H20Cl4N2O2S/c1-12(20(28)25-2)26(9-13-3-6-16(22)18(24)7-13)19(27)11-29-10-14-4-5-15(21)8-17(14)23/h3-8,12H,9-11H2,1-2H3,(H,25,28)/t12-/m1/s1. The normalized spacial score (nSPS) is 11.8. The molecule has 0 heterocycles. The van der Waals surface area contributed by atoms with Gasteiger partial charge in [-0.15, -0.1) is 11.8 Å². The molecule has 0 fully saturated rings. The molecule has 1 N–H and O–H groups in total. The second-order valence-electron chi connectivity index (χ2n) is 6.29. The first-order valence-corrected chi connectivity index (χ1v) is 11.4. The van der Waals surface area contributed by atoms with Crippen LogP contribution < -0.4 is 5.32 Å². The number of hydrogen-bond donors (Lipinski definition) is 1. The lowest BCUT2D eigenvalue weighted by atomic mass is 10.1. The number of halogens is 4. The minimum atomic E-state index is -0.637. The molecule has 0 saturated heterocycles. The van der Waals surface area contributed by atoms with Gasteiger partial charge in [-0.3, -0.25) is 9.59 Å². The van der Waals surface area contributed by atoms with Crippen LogP contribution in [0.15, 0.2) is 36.4 Å². The highest BCUT2D eigenvalue weighted by atomic mass is 35.5. The molecule has 2 rings (SSSR count). The number of benzene rings is 2. The van der Waals surface area contributed by atoms with Crippen molar-refractivity contribution in [3.05, 3.63) is 67.6 Å². The summed E-state index contributed by atoms with van der Waals surface area (Å²) in [7, 11) is 1.54. The topological polar surface area (TPSA) is 49.4 Å². The molecule has 1 atom stereocenters. The Labute approximate surface area is 194 Å². The van der Waals surface area contributed by atoms with Crippen LogP contribution >= 0.6 is 58.2 Å². The number of likely N-dealkylation sites (N-methyl/N-ethyl adjacent to an activating group) is 1. The Hall–Kier alpha value is -1.11. The van der Waals surface area contributed by atoms with Gasteiger partial charge in [0.2, 0.25) is 11.8 Å². The third kappa shape index (κ3) is 6.97. The molecule has 0 aliphatic carbocycles. The molecule has 0 aliphatic rings. The highest BCUT2D eigenvalue weighted by molar-refractivity contribution is 7.99. The molecule has 156 valence electrons. The van der Waals surface area contributed by atoms with Crippen molar-refractivity contribution < 1.29 is 9.59 Å². The number of thioether (sulfide) groups is 1. The van der Waals surface area contributed by atoms with Gasteiger partial charge in [0.05, 0.1) is 15.8 Å². The molecule has 0 aromatic heterocycles. The largest absolute Gasteiger partial charge is 0.357 e. The van der Waals surface area contributed by atoms with Gasteiger partial charge in [-0.2, -0.15) is 0 Å². The zero-order valence-electron chi connectivity index (χ0n) is 15.8. The zero-order valence-corrected chi connectivity index (χ0v) is 19.7. The van der Waals surface area contributed by atoms with Gasteiger partial charge in [-0.1, -0.05) is 58.5 Å². The van der Waals surface area contributed by atoms with E-state index in [1.807, 2.05) is 6.07 Å². The molecule has 2 aromatic rings. The van der Waals surface area contributed by atoms with E-state index < -0.39 is 6.04 Å². The van der Waals surface area contributed by atoms with E-state index in [1.165, 1.54) is 23.7 Å². The molecule has 0 aliphatic heterocycles. The Kier molecular flexibility index (Phi) is 9.44. The van der Waals surface area contributed by atoms with Gasteiger partial charge in [0.1, 0.15) is 6.04 Å². The Morgan fingerprint density at radius 2 is 1.76 bits per heavy atom. The summed E-state index contributed by atoms with van der Waals surface area (Å²) in [6.07, 6.45) is 0. The van der Waals surface area contributed by atoms with E-state index in [0.717, 1.165) is 11.1 Å². The van der Waals surface area contributed by atoms with Crippen molar-refractivity contribution in [2.75, 3.05) is 12.8 Å². The Morgan fingerprint density at radius 1 is 1.03 bits per heavy atom. The van der Waals surface area contributed by atoms with Gasteiger partial charge >= 0.3 is 0 Å². The molecule has 4 nitrogen and oxygen atoms in total. The third-order valence-electron chi connectivity index (χ3n) is 4.25. The van der Waals surface area contributed by atoms with Crippen molar-refractivity contribution >= 4 is 70.0 Å². The predicted molar refractivity (Wildman–Crippen MR) is 123 cm³/mol. The summed E-state index contributed by atoms with van der Waals surface area (Å²) < 4.78 is 0. The molecule has 0 spiro atoms. The number of carbonyl (C=O) groups excluding carboxylic acids is 2. The molecule has 9 heteroatoms. The molecule has 0 radical (unpaired) electrons. The maximum Gasteiger partial charge on any atom is 0.242 e. The van der Waals surface area contributed by atoms with E-state index in [1.54, 1.807) is 37.3 Å². The number of nitrogens with zero attached hydrogens (tertiary/aromatic N) is 1. The number of rotatable bonds is 8. The highest BCUT2D eigenvalue weighted by Gasteiger charge is 2.25. The third-order valence-corrected chi connectivity index (χ3v) is 6.54. The molecule has 0 bridgehead atoms. The van der Waals surface area contributed by atoms with Crippen LogP contribution in [0, 0.1) is 0 Å². The summed E-state index contributed by atoms with van der Waals surface area (Å²) in [4.78, 5) is 26.6.